The minimum atomic E-state index is -0.198. The molecule has 0 saturated heterocycles. The molecule has 0 spiro atoms. The van der Waals surface area contributed by atoms with E-state index in [4.69, 9.17) is 4.42 Å². The maximum absolute atomic E-state index is 13.7. The van der Waals surface area contributed by atoms with Crippen molar-refractivity contribution in [2.75, 3.05) is 5.32 Å². The van der Waals surface area contributed by atoms with Crippen molar-refractivity contribution in [3.05, 3.63) is 104 Å². The molecule has 0 atom stereocenters. The summed E-state index contributed by atoms with van der Waals surface area (Å²) in [4.78, 5) is 30.6. The van der Waals surface area contributed by atoms with E-state index in [0.717, 1.165) is 22.3 Å². The van der Waals surface area contributed by atoms with Crippen molar-refractivity contribution < 1.29 is 4.42 Å². The van der Waals surface area contributed by atoms with Crippen LogP contribution in [0.1, 0.15) is 11.1 Å². The summed E-state index contributed by atoms with van der Waals surface area (Å²) in [6.07, 6.45) is 0. The third-order valence-electron chi connectivity index (χ3n) is 6.11. The summed E-state index contributed by atoms with van der Waals surface area (Å²) < 4.78 is 6.23. The van der Waals surface area contributed by atoms with Gasteiger partial charge in [-0.25, -0.2) is 0 Å². The number of fused-ring (bicyclic) bond motifs is 5. The van der Waals surface area contributed by atoms with Crippen molar-refractivity contribution in [3.8, 4) is 0 Å². The molecule has 5 aromatic carbocycles. The Kier molecular flexibility index (Phi) is 4.14. The molecule has 0 aliphatic carbocycles. The minimum absolute atomic E-state index is 0.186. The zero-order valence-corrected chi connectivity index (χ0v) is 18.2. The van der Waals surface area contributed by atoms with E-state index in [1.807, 2.05) is 56.3 Å². The van der Waals surface area contributed by atoms with Gasteiger partial charge < -0.3 is 14.7 Å². The summed E-state index contributed by atoms with van der Waals surface area (Å²) in [5, 5.41) is 4.84. The van der Waals surface area contributed by atoms with Gasteiger partial charge in [-0.15, -0.1) is 0 Å². The molecule has 0 aliphatic rings. The average Bonchev–Trinajstić information content (AvgIpc) is 2.82. The SMILES string of the molecule is Cc1ccc(Nc2cc3oc4cc(C)ccc4[nH]c3c3c(=O)c4ccccc4c(=O)c23)cc1. The second kappa shape index (κ2) is 7.07. The van der Waals surface area contributed by atoms with E-state index in [0.29, 0.717) is 43.9 Å². The summed E-state index contributed by atoms with van der Waals surface area (Å²) >= 11 is 0. The third-order valence-corrected chi connectivity index (χ3v) is 6.11. The van der Waals surface area contributed by atoms with Crippen LogP contribution in [0.2, 0.25) is 0 Å². The summed E-state index contributed by atoms with van der Waals surface area (Å²) in [5.41, 5.74) is 5.63. The summed E-state index contributed by atoms with van der Waals surface area (Å²) in [6.45, 7) is 4.01. The topological polar surface area (TPSA) is 75.1 Å². The van der Waals surface area contributed by atoms with Crippen molar-refractivity contribution in [1.82, 2.24) is 4.98 Å². The van der Waals surface area contributed by atoms with Crippen molar-refractivity contribution in [2.45, 2.75) is 13.8 Å². The van der Waals surface area contributed by atoms with E-state index >= 15 is 0 Å². The summed E-state index contributed by atoms with van der Waals surface area (Å²) in [6, 6.07) is 22.5. The molecule has 0 fully saturated rings. The van der Waals surface area contributed by atoms with Crippen molar-refractivity contribution in [3.63, 3.8) is 0 Å². The largest absolute Gasteiger partial charge is 0.453 e. The Labute approximate surface area is 188 Å². The van der Waals surface area contributed by atoms with Gasteiger partial charge in [0.1, 0.15) is 0 Å². The molecule has 0 amide bonds. The lowest BCUT2D eigenvalue weighted by Crippen LogP contribution is -2.15. The smallest absolute Gasteiger partial charge is 0.196 e. The van der Waals surface area contributed by atoms with Crippen LogP contribution < -0.4 is 16.2 Å². The third kappa shape index (κ3) is 3.01. The molecule has 0 unspecified atom stereocenters. The van der Waals surface area contributed by atoms with Crippen LogP contribution in [0.3, 0.4) is 0 Å². The van der Waals surface area contributed by atoms with E-state index in [9.17, 15) is 9.59 Å². The van der Waals surface area contributed by atoms with Crippen LogP contribution in [-0.4, -0.2) is 4.98 Å². The number of hydrogen-bond donors (Lipinski definition) is 2. The van der Waals surface area contributed by atoms with Gasteiger partial charge in [-0.3, -0.25) is 9.59 Å². The molecular formula is C28H20N2O3. The highest BCUT2D eigenvalue weighted by Gasteiger charge is 2.19. The lowest BCUT2D eigenvalue weighted by molar-refractivity contribution is 0.657. The van der Waals surface area contributed by atoms with Crippen molar-refractivity contribution >= 4 is 55.1 Å². The van der Waals surface area contributed by atoms with Gasteiger partial charge in [0.15, 0.2) is 22.0 Å². The first-order chi connectivity index (χ1) is 16.0. The molecule has 0 saturated carbocycles. The molecule has 1 heterocycles. The van der Waals surface area contributed by atoms with Crippen LogP contribution in [0.25, 0.3) is 43.7 Å². The number of H-pyrrole nitrogens is 1. The number of rotatable bonds is 2. The fourth-order valence-electron chi connectivity index (χ4n) is 4.44. The van der Waals surface area contributed by atoms with Gasteiger partial charge in [-0.1, -0.05) is 48.0 Å². The maximum atomic E-state index is 13.7. The lowest BCUT2D eigenvalue weighted by atomic mass is 9.99. The van der Waals surface area contributed by atoms with E-state index in [1.54, 1.807) is 30.3 Å². The Morgan fingerprint density at radius 1 is 0.727 bits per heavy atom. The molecule has 1 aromatic heterocycles. The van der Waals surface area contributed by atoms with Crippen molar-refractivity contribution in [1.29, 1.82) is 0 Å². The fraction of sp³-hybridized carbons (Fsp3) is 0.0714. The zero-order chi connectivity index (χ0) is 22.7. The first-order valence-corrected chi connectivity index (χ1v) is 10.8. The molecule has 2 N–H and O–H groups in total. The molecule has 0 radical (unpaired) electrons. The van der Waals surface area contributed by atoms with Gasteiger partial charge in [-0.2, -0.15) is 0 Å². The van der Waals surface area contributed by atoms with E-state index in [-0.39, 0.29) is 10.9 Å². The molecule has 0 aliphatic heterocycles. The molecule has 0 bridgehead atoms. The molecule has 6 aromatic rings. The van der Waals surface area contributed by atoms with E-state index in [2.05, 4.69) is 10.3 Å². The summed E-state index contributed by atoms with van der Waals surface area (Å²) in [5.74, 6) is 0. The standard InChI is InChI=1S/C28H20N2O3/c1-15-7-10-17(11-8-15)29-21-14-23-26(30-20-12-9-16(2)13-22(20)33-23)25-24(21)27(31)18-5-3-4-6-19(18)28(25)32/h3-14,29-30H,1-2H3. The van der Waals surface area contributed by atoms with Crippen LogP contribution >= 0.6 is 0 Å². The van der Waals surface area contributed by atoms with Crippen LogP contribution in [0.4, 0.5) is 11.4 Å². The Morgan fingerprint density at radius 2 is 1.39 bits per heavy atom. The Balaban J connectivity index is 1.80. The Bertz CT molecular complexity index is 1840. The highest BCUT2D eigenvalue weighted by atomic mass is 16.3. The maximum Gasteiger partial charge on any atom is 0.196 e. The average molecular weight is 432 g/mol. The van der Waals surface area contributed by atoms with Gasteiger partial charge in [-0.05, 0) is 43.7 Å². The fourth-order valence-corrected chi connectivity index (χ4v) is 4.44. The highest BCUT2D eigenvalue weighted by Crippen LogP contribution is 2.32. The molecule has 33 heavy (non-hydrogen) atoms. The molecule has 5 heteroatoms. The van der Waals surface area contributed by atoms with Crippen LogP contribution in [0.15, 0.2) is 86.8 Å². The lowest BCUT2D eigenvalue weighted by Gasteiger charge is -2.13. The number of benzene rings is 5. The Hall–Kier alpha value is -4.38. The Morgan fingerprint density at radius 3 is 2.12 bits per heavy atom. The van der Waals surface area contributed by atoms with Crippen LogP contribution in [-0.2, 0) is 0 Å². The number of aromatic amines is 1. The molecule has 160 valence electrons. The minimum Gasteiger partial charge on any atom is -0.453 e. The second-order valence-electron chi connectivity index (χ2n) is 8.47. The molecular weight excluding hydrogens is 412 g/mol. The number of aromatic nitrogens is 1. The number of hydrogen-bond acceptors (Lipinski definition) is 4. The number of nitrogens with one attached hydrogen (secondary N) is 2. The predicted octanol–water partition coefficient (Wildman–Crippen LogP) is 6.30. The van der Waals surface area contributed by atoms with Crippen LogP contribution in [0.5, 0.6) is 0 Å². The zero-order valence-electron chi connectivity index (χ0n) is 18.2. The van der Waals surface area contributed by atoms with Gasteiger partial charge in [0.25, 0.3) is 0 Å². The number of aryl methyl sites for hydroxylation is 2. The normalized spacial score (nSPS) is 11.6. The van der Waals surface area contributed by atoms with E-state index < -0.39 is 0 Å². The monoisotopic (exact) mass is 432 g/mol. The first-order valence-electron chi connectivity index (χ1n) is 10.8. The summed E-state index contributed by atoms with van der Waals surface area (Å²) in [7, 11) is 0. The first kappa shape index (κ1) is 19.3. The number of anilines is 2. The van der Waals surface area contributed by atoms with Gasteiger partial charge in [0, 0.05) is 22.5 Å². The highest BCUT2D eigenvalue weighted by molar-refractivity contribution is 6.15. The van der Waals surface area contributed by atoms with Gasteiger partial charge in [0.05, 0.1) is 27.5 Å². The second-order valence-corrected chi connectivity index (χ2v) is 8.47. The van der Waals surface area contributed by atoms with Crippen molar-refractivity contribution in [2.24, 2.45) is 0 Å². The van der Waals surface area contributed by atoms with Gasteiger partial charge in [0.2, 0.25) is 0 Å². The van der Waals surface area contributed by atoms with E-state index in [1.165, 1.54) is 0 Å². The molecule has 5 nitrogen and oxygen atoms in total. The van der Waals surface area contributed by atoms with Gasteiger partial charge >= 0.3 is 0 Å². The quantitative estimate of drug-likeness (QED) is 0.249. The predicted molar refractivity (Wildman–Crippen MR) is 135 cm³/mol. The van der Waals surface area contributed by atoms with Crippen LogP contribution in [0, 0.1) is 13.8 Å². The molecule has 6 rings (SSSR count).